The van der Waals surface area contributed by atoms with Gasteiger partial charge in [-0.3, -0.25) is 4.79 Å². The van der Waals surface area contributed by atoms with Crippen molar-refractivity contribution in [3.63, 3.8) is 0 Å². The lowest BCUT2D eigenvalue weighted by Crippen LogP contribution is -2.44. The minimum atomic E-state index is -4.79. The molecule has 0 aliphatic carbocycles. The lowest BCUT2D eigenvalue weighted by Gasteiger charge is -2.31. The van der Waals surface area contributed by atoms with E-state index in [0.717, 1.165) is 6.20 Å². The van der Waals surface area contributed by atoms with Crippen LogP contribution in [0, 0.1) is 0 Å². The number of nitrogens with zero attached hydrogens (tertiary/aromatic N) is 4. The van der Waals surface area contributed by atoms with Crippen molar-refractivity contribution in [3.8, 4) is 5.82 Å². The van der Waals surface area contributed by atoms with E-state index in [-0.39, 0.29) is 41.7 Å². The highest BCUT2D eigenvalue weighted by molar-refractivity contribution is 6.32. The highest BCUT2D eigenvalue weighted by Gasteiger charge is 2.42. The number of likely N-dealkylation sites (tertiary alicyclic amines) is 1. The van der Waals surface area contributed by atoms with E-state index in [4.69, 9.17) is 11.6 Å². The second kappa shape index (κ2) is 9.78. The van der Waals surface area contributed by atoms with Crippen LogP contribution in [0.15, 0.2) is 24.5 Å². The molecule has 6 nitrogen and oxygen atoms in total. The average molecular weight is 461 g/mol. The molecule has 28 heavy (non-hydrogen) atoms. The number of pyridine rings is 1. The normalized spacial score (nSPS) is 15.0. The van der Waals surface area contributed by atoms with Gasteiger partial charge in [0.25, 0.3) is 5.91 Å². The molecule has 0 radical (unpaired) electrons. The molecule has 2 aromatic heterocycles. The number of carbonyl (C=O) groups excluding carboxylic acids is 1. The molecule has 3 rings (SSSR count). The van der Waals surface area contributed by atoms with Crippen molar-refractivity contribution in [1.29, 1.82) is 0 Å². The standard InChI is InChI=1S/C16H17ClF3N5O.2ClH/c1-21-10-4-7-24(8-5-10)15(26)11-9-23-25(13(11)16(18,19)20)14-12(17)3-2-6-22-14;;/h2-3,6,9-10,21H,4-5,7-8H2,1H3;2*1H. The number of amides is 1. The molecule has 0 aromatic carbocycles. The summed E-state index contributed by atoms with van der Waals surface area (Å²) in [5.41, 5.74) is -1.67. The molecule has 12 heteroatoms. The highest BCUT2D eigenvalue weighted by Crippen LogP contribution is 2.35. The van der Waals surface area contributed by atoms with Gasteiger partial charge in [0.15, 0.2) is 11.5 Å². The zero-order chi connectivity index (χ0) is 18.9. The first kappa shape index (κ1) is 24.5. The van der Waals surface area contributed by atoms with Crippen molar-refractivity contribution in [2.24, 2.45) is 0 Å². The Balaban J connectivity index is 0.00000196. The number of piperidine rings is 1. The van der Waals surface area contributed by atoms with Crippen LogP contribution in [0.2, 0.25) is 5.02 Å². The van der Waals surface area contributed by atoms with Crippen LogP contribution in [0.1, 0.15) is 28.9 Å². The fourth-order valence-electron chi connectivity index (χ4n) is 3.01. The van der Waals surface area contributed by atoms with Crippen LogP contribution in [0.3, 0.4) is 0 Å². The van der Waals surface area contributed by atoms with Crippen LogP contribution in [-0.2, 0) is 6.18 Å². The number of carbonyl (C=O) groups is 1. The SMILES string of the molecule is CNC1CCN(C(=O)c2cnn(-c3ncccc3Cl)c2C(F)(F)F)CC1.Cl.Cl. The number of rotatable bonds is 3. The number of halogens is 6. The number of nitrogens with one attached hydrogen (secondary N) is 1. The molecule has 2 aromatic rings. The van der Waals surface area contributed by atoms with Crippen molar-refractivity contribution in [2.75, 3.05) is 20.1 Å². The topological polar surface area (TPSA) is 63.1 Å². The second-order valence-electron chi connectivity index (χ2n) is 5.98. The molecule has 1 saturated heterocycles. The molecule has 1 aliphatic rings. The Hall–Kier alpha value is -1.55. The number of hydrogen-bond acceptors (Lipinski definition) is 4. The van der Waals surface area contributed by atoms with Crippen LogP contribution in [0.25, 0.3) is 5.82 Å². The molecule has 0 saturated carbocycles. The lowest BCUT2D eigenvalue weighted by molar-refractivity contribution is -0.143. The Morgan fingerprint density at radius 3 is 2.46 bits per heavy atom. The predicted molar refractivity (Wildman–Crippen MR) is 104 cm³/mol. The third-order valence-corrected chi connectivity index (χ3v) is 4.69. The molecule has 0 atom stereocenters. The third-order valence-electron chi connectivity index (χ3n) is 4.40. The first-order chi connectivity index (χ1) is 12.3. The first-order valence-corrected chi connectivity index (χ1v) is 8.43. The molecular formula is C16H19Cl3F3N5O. The van der Waals surface area contributed by atoms with E-state index in [1.165, 1.54) is 23.2 Å². The summed E-state index contributed by atoms with van der Waals surface area (Å²) in [6.07, 6.45) is -1.17. The Morgan fingerprint density at radius 2 is 1.93 bits per heavy atom. The van der Waals surface area contributed by atoms with Crippen LogP contribution < -0.4 is 5.32 Å². The van der Waals surface area contributed by atoms with Gasteiger partial charge in [-0.05, 0) is 32.0 Å². The zero-order valence-electron chi connectivity index (χ0n) is 14.7. The van der Waals surface area contributed by atoms with Gasteiger partial charge in [-0.1, -0.05) is 11.6 Å². The summed E-state index contributed by atoms with van der Waals surface area (Å²) in [6, 6.07) is 3.17. The molecule has 1 fully saturated rings. The van der Waals surface area contributed by atoms with Crippen LogP contribution in [0.5, 0.6) is 0 Å². The van der Waals surface area contributed by atoms with Gasteiger partial charge < -0.3 is 10.2 Å². The molecule has 0 spiro atoms. The van der Waals surface area contributed by atoms with E-state index in [2.05, 4.69) is 15.4 Å². The molecule has 1 aliphatic heterocycles. The molecule has 0 unspecified atom stereocenters. The predicted octanol–water partition coefficient (Wildman–Crippen LogP) is 3.61. The summed E-state index contributed by atoms with van der Waals surface area (Å²) in [5, 5.41) is 6.87. The smallest absolute Gasteiger partial charge is 0.338 e. The van der Waals surface area contributed by atoms with E-state index in [9.17, 15) is 18.0 Å². The first-order valence-electron chi connectivity index (χ1n) is 8.05. The fourth-order valence-corrected chi connectivity index (χ4v) is 3.21. The fraction of sp³-hybridized carbons (Fsp3) is 0.438. The molecule has 0 bridgehead atoms. The van der Waals surface area contributed by atoms with Crippen molar-refractivity contribution in [2.45, 2.75) is 25.1 Å². The summed E-state index contributed by atoms with van der Waals surface area (Å²) in [6.45, 7) is 0.772. The summed E-state index contributed by atoms with van der Waals surface area (Å²) in [5.74, 6) is -0.861. The Kier molecular flexibility index (Phi) is 8.55. The largest absolute Gasteiger partial charge is 0.434 e. The summed E-state index contributed by atoms with van der Waals surface area (Å²) < 4.78 is 41.7. The minimum Gasteiger partial charge on any atom is -0.338 e. The number of aromatic nitrogens is 3. The molecule has 156 valence electrons. The van der Waals surface area contributed by atoms with Gasteiger partial charge in [0, 0.05) is 25.3 Å². The van der Waals surface area contributed by atoms with Gasteiger partial charge in [0.05, 0.1) is 16.8 Å². The Bertz CT molecular complexity index is 807. The number of hydrogen-bond donors (Lipinski definition) is 1. The van der Waals surface area contributed by atoms with Gasteiger partial charge in [0.1, 0.15) is 0 Å². The minimum absolute atomic E-state index is 0. The second-order valence-corrected chi connectivity index (χ2v) is 6.39. The Labute approximate surface area is 177 Å². The maximum absolute atomic E-state index is 13.7. The van der Waals surface area contributed by atoms with Crippen molar-refractivity contribution in [3.05, 3.63) is 40.8 Å². The van der Waals surface area contributed by atoms with Gasteiger partial charge in [-0.2, -0.15) is 18.3 Å². The van der Waals surface area contributed by atoms with Crippen molar-refractivity contribution >= 4 is 42.3 Å². The van der Waals surface area contributed by atoms with E-state index in [1.54, 1.807) is 0 Å². The number of alkyl halides is 3. The van der Waals surface area contributed by atoms with Crippen LogP contribution in [-0.4, -0.2) is 51.8 Å². The zero-order valence-corrected chi connectivity index (χ0v) is 17.1. The quantitative estimate of drug-likeness (QED) is 0.760. The van der Waals surface area contributed by atoms with E-state index in [0.29, 0.717) is 30.6 Å². The lowest BCUT2D eigenvalue weighted by atomic mass is 10.0. The molecule has 1 amide bonds. The molecule has 3 heterocycles. The maximum atomic E-state index is 13.7. The summed E-state index contributed by atoms with van der Waals surface area (Å²) >= 11 is 5.96. The van der Waals surface area contributed by atoms with Gasteiger partial charge in [0.2, 0.25) is 0 Å². The van der Waals surface area contributed by atoms with E-state index >= 15 is 0 Å². The monoisotopic (exact) mass is 459 g/mol. The Morgan fingerprint density at radius 1 is 1.29 bits per heavy atom. The van der Waals surface area contributed by atoms with E-state index in [1.807, 2.05) is 7.05 Å². The van der Waals surface area contributed by atoms with Crippen molar-refractivity contribution < 1.29 is 18.0 Å². The van der Waals surface area contributed by atoms with Crippen LogP contribution in [0.4, 0.5) is 13.2 Å². The maximum Gasteiger partial charge on any atom is 0.434 e. The highest BCUT2D eigenvalue weighted by atomic mass is 35.5. The summed E-state index contributed by atoms with van der Waals surface area (Å²) in [7, 11) is 1.82. The summed E-state index contributed by atoms with van der Waals surface area (Å²) in [4.78, 5) is 18.0. The van der Waals surface area contributed by atoms with E-state index < -0.39 is 23.3 Å². The third kappa shape index (κ3) is 4.89. The van der Waals surface area contributed by atoms with Crippen LogP contribution >= 0.6 is 36.4 Å². The van der Waals surface area contributed by atoms with Gasteiger partial charge in [-0.15, -0.1) is 24.8 Å². The van der Waals surface area contributed by atoms with Gasteiger partial charge in [-0.25, -0.2) is 9.67 Å². The molecule has 1 N–H and O–H groups in total. The average Bonchev–Trinajstić information content (AvgIpc) is 3.07. The molecular weight excluding hydrogens is 442 g/mol. The van der Waals surface area contributed by atoms with Crippen molar-refractivity contribution in [1.82, 2.24) is 25.0 Å². The van der Waals surface area contributed by atoms with Gasteiger partial charge >= 0.3 is 6.18 Å².